The Labute approximate surface area is 171 Å². The van der Waals surface area contributed by atoms with E-state index in [4.69, 9.17) is 15.5 Å². The summed E-state index contributed by atoms with van der Waals surface area (Å²) in [5.74, 6) is 1.49. The van der Waals surface area contributed by atoms with Crippen molar-refractivity contribution in [3.63, 3.8) is 0 Å². The predicted octanol–water partition coefficient (Wildman–Crippen LogP) is 4.44. The fourth-order valence-electron chi connectivity index (χ4n) is 4.42. The van der Waals surface area contributed by atoms with E-state index in [9.17, 15) is 0 Å². The normalized spacial score (nSPS) is 24.4. The lowest BCUT2D eigenvalue weighted by atomic mass is 9.72. The average Bonchev–Trinajstić information content (AvgIpc) is 3.12. The van der Waals surface area contributed by atoms with Crippen molar-refractivity contribution in [1.29, 1.82) is 0 Å². The number of benzene rings is 2. The Balaban J connectivity index is 1.51. The van der Waals surface area contributed by atoms with Crippen molar-refractivity contribution < 1.29 is 4.74 Å². The molecule has 5 rings (SSSR count). The first kappa shape index (κ1) is 18.1. The van der Waals surface area contributed by atoms with Gasteiger partial charge in [0.1, 0.15) is 6.04 Å². The van der Waals surface area contributed by atoms with Crippen LogP contribution in [0.25, 0.3) is 0 Å². The Kier molecular flexibility index (Phi) is 4.47. The van der Waals surface area contributed by atoms with Gasteiger partial charge in [-0.25, -0.2) is 9.98 Å². The monoisotopic (exact) mass is 386 g/mol. The molecule has 2 aromatic carbocycles. The van der Waals surface area contributed by atoms with Crippen molar-refractivity contribution in [2.45, 2.75) is 43.8 Å². The molecule has 0 saturated heterocycles. The minimum absolute atomic E-state index is 0.0362. The molecule has 1 fully saturated rings. The molecular weight excluding hydrogens is 360 g/mol. The van der Waals surface area contributed by atoms with Gasteiger partial charge in [-0.1, -0.05) is 54.6 Å². The number of fused-ring (bicyclic) bond motifs is 1. The van der Waals surface area contributed by atoms with Crippen LogP contribution < -0.4 is 5.73 Å². The molecule has 0 radical (unpaired) electrons. The summed E-state index contributed by atoms with van der Waals surface area (Å²) in [6.45, 7) is 2.59. The molecule has 2 atom stereocenters. The first-order valence-electron chi connectivity index (χ1n) is 10.4. The van der Waals surface area contributed by atoms with Crippen LogP contribution >= 0.6 is 0 Å². The standard InChI is InChI=1S/C24H26N4O/c1-2-29-20-15-26-23-27-21(22(28(23)16-20)18-7-4-3-5-8-18)17-9-11-19(12-10-17)24(25)13-6-14-24/h3-5,7-12,15-16,21-22H,2,6,13-14,25H2,1H3. The van der Waals surface area contributed by atoms with Gasteiger partial charge < -0.3 is 15.4 Å². The van der Waals surface area contributed by atoms with E-state index in [1.165, 1.54) is 23.1 Å². The molecule has 2 aromatic rings. The van der Waals surface area contributed by atoms with Crippen molar-refractivity contribution in [2.24, 2.45) is 15.7 Å². The van der Waals surface area contributed by atoms with E-state index in [1.54, 1.807) is 6.21 Å². The number of hydrogen-bond acceptors (Lipinski definition) is 5. The van der Waals surface area contributed by atoms with Gasteiger partial charge in [-0.15, -0.1) is 0 Å². The first-order valence-corrected chi connectivity index (χ1v) is 10.4. The second-order valence-corrected chi connectivity index (χ2v) is 7.99. The number of hydrogen-bond donors (Lipinski definition) is 1. The molecule has 3 aliphatic rings. The maximum absolute atomic E-state index is 6.51. The molecule has 5 nitrogen and oxygen atoms in total. The zero-order valence-corrected chi connectivity index (χ0v) is 16.7. The molecule has 0 amide bonds. The third kappa shape index (κ3) is 3.15. The number of guanidine groups is 1. The van der Waals surface area contributed by atoms with Crippen molar-refractivity contribution in [3.05, 3.63) is 83.2 Å². The van der Waals surface area contributed by atoms with Crippen LogP contribution in [-0.2, 0) is 10.3 Å². The largest absolute Gasteiger partial charge is 0.491 e. The lowest BCUT2D eigenvalue weighted by molar-refractivity contribution is 0.240. The summed E-state index contributed by atoms with van der Waals surface area (Å²) in [5, 5.41) is 0. The van der Waals surface area contributed by atoms with E-state index in [1.807, 2.05) is 19.2 Å². The van der Waals surface area contributed by atoms with E-state index in [0.717, 1.165) is 24.6 Å². The third-order valence-corrected chi connectivity index (χ3v) is 6.18. The van der Waals surface area contributed by atoms with Gasteiger partial charge in [0.25, 0.3) is 0 Å². The van der Waals surface area contributed by atoms with Gasteiger partial charge in [0, 0.05) is 5.54 Å². The molecule has 2 N–H and O–H groups in total. The molecule has 1 aliphatic carbocycles. The molecule has 0 bridgehead atoms. The van der Waals surface area contributed by atoms with Crippen LogP contribution in [-0.4, -0.2) is 23.7 Å². The van der Waals surface area contributed by atoms with Crippen LogP contribution in [0, 0.1) is 0 Å². The second-order valence-electron chi connectivity index (χ2n) is 7.99. The van der Waals surface area contributed by atoms with Crippen molar-refractivity contribution in [1.82, 2.24) is 4.90 Å². The van der Waals surface area contributed by atoms with Gasteiger partial charge in [-0.05, 0) is 42.9 Å². The second kappa shape index (κ2) is 7.16. The summed E-state index contributed by atoms with van der Waals surface area (Å²) >= 11 is 0. The molecule has 1 saturated carbocycles. The van der Waals surface area contributed by atoms with Gasteiger partial charge >= 0.3 is 0 Å². The van der Waals surface area contributed by atoms with Crippen LogP contribution in [0.2, 0.25) is 0 Å². The van der Waals surface area contributed by atoms with E-state index in [0.29, 0.717) is 6.61 Å². The minimum Gasteiger partial charge on any atom is -0.491 e. The summed E-state index contributed by atoms with van der Waals surface area (Å²) < 4.78 is 5.69. The van der Waals surface area contributed by atoms with Gasteiger partial charge in [-0.3, -0.25) is 0 Å². The van der Waals surface area contributed by atoms with Gasteiger partial charge in [0.2, 0.25) is 5.96 Å². The number of rotatable bonds is 5. The molecule has 2 heterocycles. The Morgan fingerprint density at radius 3 is 2.48 bits per heavy atom. The molecular formula is C24H26N4O. The highest BCUT2D eigenvalue weighted by atomic mass is 16.5. The molecule has 2 aliphatic heterocycles. The predicted molar refractivity (Wildman–Crippen MR) is 116 cm³/mol. The highest BCUT2D eigenvalue weighted by molar-refractivity contribution is 5.97. The third-order valence-electron chi connectivity index (χ3n) is 6.18. The number of ether oxygens (including phenoxy) is 1. The van der Waals surface area contributed by atoms with Gasteiger partial charge in [0.05, 0.1) is 25.1 Å². The van der Waals surface area contributed by atoms with Crippen molar-refractivity contribution in [2.75, 3.05) is 6.61 Å². The quantitative estimate of drug-likeness (QED) is 0.826. The number of aliphatic imine (C=N–C) groups is 2. The molecule has 0 aromatic heterocycles. The van der Waals surface area contributed by atoms with Crippen LogP contribution in [0.5, 0.6) is 0 Å². The first-order chi connectivity index (χ1) is 14.2. The molecule has 0 spiro atoms. The maximum atomic E-state index is 6.51. The van der Waals surface area contributed by atoms with Crippen molar-refractivity contribution in [3.8, 4) is 0 Å². The zero-order chi connectivity index (χ0) is 19.8. The summed E-state index contributed by atoms with van der Waals surface area (Å²) in [4.78, 5) is 11.7. The Morgan fingerprint density at radius 2 is 1.83 bits per heavy atom. The van der Waals surface area contributed by atoms with Gasteiger partial charge in [-0.2, -0.15) is 0 Å². The van der Waals surface area contributed by atoms with E-state index in [-0.39, 0.29) is 17.6 Å². The lowest BCUT2D eigenvalue weighted by Gasteiger charge is -2.38. The average molecular weight is 386 g/mol. The Bertz CT molecular complexity index is 974. The number of allylic oxidation sites excluding steroid dienone is 1. The highest BCUT2D eigenvalue weighted by Crippen LogP contribution is 2.44. The molecule has 29 heavy (non-hydrogen) atoms. The summed E-state index contributed by atoms with van der Waals surface area (Å²) in [6, 6.07) is 19.2. The summed E-state index contributed by atoms with van der Waals surface area (Å²) in [6.07, 6.45) is 7.12. The topological polar surface area (TPSA) is 63.2 Å². The fourth-order valence-corrected chi connectivity index (χ4v) is 4.42. The zero-order valence-electron chi connectivity index (χ0n) is 16.7. The Morgan fingerprint density at radius 1 is 1.07 bits per heavy atom. The van der Waals surface area contributed by atoms with E-state index in [2.05, 4.69) is 58.4 Å². The molecule has 5 heteroatoms. The Hall–Kier alpha value is -2.92. The fraction of sp³-hybridized carbons (Fsp3) is 0.333. The smallest absolute Gasteiger partial charge is 0.226 e. The van der Waals surface area contributed by atoms with Crippen LogP contribution in [0.3, 0.4) is 0 Å². The molecule has 148 valence electrons. The van der Waals surface area contributed by atoms with Gasteiger partial charge in [0.15, 0.2) is 5.76 Å². The van der Waals surface area contributed by atoms with Crippen LogP contribution in [0.1, 0.15) is 55.0 Å². The van der Waals surface area contributed by atoms with Crippen LogP contribution in [0.15, 0.2) is 76.5 Å². The summed E-state index contributed by atoms with van der Waals surface area (Å²) in [7, 11) is 0. The SMILES string of the molecule is CCOC1=CN2C(=NC(c3ccc(C4(N)CCC4)cc3)C2c2ccccc2)N=C1. The summed E-state index contributed by atoms with van der Waals surface area (Å²) in [5.41, 5.74) is 9.97. The number of nitrogens with two attached hydrogens (primary N) is 1. The maximum Gasteiger partial charge on any atom is 0.226 e. The van der Waals surface area contributed by atoms with Crippen molar-refractivity contribution >= 4 is 12.2 Å². The van der Waals surface area contributed by atoms with E-state index >= 15 is 0 Å². The van der Waals surface area contributed by atoms with E-state index < -0.39 is 0 Å². The number of nitrogens with zero attached hydrogens (tertiary/aromatic N) is 3. The lowest BCUT2D eigenvalue weighted by Crippen LogP contribution is -2.43. The van der Waals surface area contributed by atoms with Crippen LogP contribution in [0.4, 0.5) is 0 Å². The molecule has 2 unspecified atom stereocenters. The highest BCUT2D eigenvalue weighted by Gasteiger charge is 2.39. The minimum atomic E-state index is -0.143.